The van der Waals surface area contributed by atoms with Crippen LogP contribution in [-0.2, 0) is 34.2 Å². The minimum Gasteiger partial charge on any atom is -0.420 e. The van der Waals surface area contributed by atoms with Crippen LogP contribution in [0.1, 0.15) is 71.1 Å². The molecule has 6 rings (SSSR count). The molecule has 1 aromatic heterocycles. The van der Waals surface area contributed by atoms with Gasteiger partial charge >= 0.3 is 0 Å². The number of ketones is 1. The third-order valence-corrected chi connectivity index (χ3v) is 12.4. The Morgan fingerprint density at radius 3 is 1.77 bits per heavy atom. The van der Waals surface area contributed by atoms with Crippen LogP contribution in [0.2, 0.25) is 30.1 Å². The summed E-state index contributed by atoms with van der Waals surface area (Å²) >= 11 is 40.6. The maximum Gasteiger partial charge on any atom is 0.247 e. The molecule has 1 saturated heterocycles. The molecule has 4 atom stereocenters. The van der Waals surface area contributed by atoms with E-state index in [1.54, 1.807) is 50.2 Å². The molecule has 1 amide bonds. The number of aliphatic hydroxyl groups is 2. The summed E-state index contributed by atoms with van der Waals surface area (Å²) in [4.78, 5) is 31.7. The molecule has 65 heavy (non-hydrogen) atoms. The number of amides is 1. The van der Waals surface area contributed by atoms with Gasteiger partial charge < -0.3 is 24.7 Å². The van der Waals surface area contributed by atoms with E-state index in [0.29, 0.717) is 65.5 Å². The quantitative estimate of drug-likeness (QED) is 0.0632. The van der Waals surface area contributed by atoms with Crippen molar-refractivity contribution in [3.05, 3.63) is 147 Å². The number of ether oxygens (including phenoxy) is 1. The molecular formula is C46H46Cl6N5O6PS. The highest BCUT2D eigenvalue weighted by atomic mass is 35.5. The second-order valence-electron chi connectivity index (χ2n) is 14.5. The van der Waals surface area contributed by atoms with Gasteiger partial charge in [0.1, 0.15) is 0 Å². The van der Waals surface area contributed by atoms with E-state index in [1.807, 2.05) is 19.7 Å². The third kappa shape index (κ3) is 16.5. The zero-order chi connectivity index (χ0) is 48.4. The maximum absolute atomic E-state index is 12.6. The monoisotopic (exact) mass is 1040 g/mol. The minimum absolute atomic E-state index is 0.217. The fourth-order valence-corrected chi connectivity index (χ4v) is 7.22. The highest BCUT2D eigenvalue weighted by Crippen LogP contribution is 2.36. The molecule has 0 bridgehead atoms. The van der Waals surface area contributed by atoms with Crippen LogP contribution in [0, 0.1) is 32.9 Å². The van der Waals surface area contributed by atoms with E-state index in [1.165, 1.54) is 38.0 Å². The van der Waals surface area contributed by atoms with Crippen LogP contribution in [0.15, 0.2) is 65.1 Å². The van der Waals surface area contributed by atoms with Crippen molar-refractivity contribution in [2.45, 2.75) is 71.5 Å². The zero-order valence-corrected chi connectivity index (χ0v) is 42.2. The first kappa shape index (κ1) is 55.6. The van der Waals surface area contributed by atoms with E-state index in [4.69, 9.17) is 91.9 Å². The van der Waals surface area contributed by atoms with Gasteiger partial charge in [0, 0.05) is 24.3 Å². The Morgan fingerprint density at radius 1 is 0.785 bits per heavy atom. The molecule has 3 N–H and O–H groups in total. The maximum atomic E-state index is 12.6. The van der Waals surface area contributed by atoms with Gasteiger partial charge in [0.05, 0.1) is 73.9 Å². The van der Waals surface area contributed by atoms with Crippen molar-refractivity contribution < 1.29 is 29.0 Å². The molecule has 11 nitrogen and oxygen atoms in total. The van der Waals surface area contributed by atoms with E-state index in [9.17, 15) is 19.8 Å². The first-order chi connectivity index (χ1) is 30.9. The number of hydrogen-bond donors (Lipinski definition) is 3. The molecule has 344 valence electrons. The minimum atomic E-state index is -0.950. The van der Waals surface area contributed by atoms with Crippen molar-refractivity contribution >= 4 is 112 Å². The van der Waals surface area contributed by atoms with Crippen LogP contribution < -0.4 is 5.32 Å². The molecule has 0 radical (unpaired) electrons. The van der Waals surface area contributed by atoms with Crippen LogP contribution in [-0.4, -0.2) is 70.7 Å². The van der Waals surface area contributed by atoms with Crippen molar-refractivity contribution in [1.29, 1.82) is 0 Å². The van der Waals surface area contributed by atoms with E-state index in [0.717, 1.165) is 37.3 Å². The molecule has 0 saturated carbocycles. The molecule has 1 aliphatic rings. The lowest BCUT2D eigenvalue weighted by Crippen LogP contribution is -2.40. The van der Waals surface area contributed by atoms with Gasteiger partial charge in [-0.2, -0.15) is 0 Å². The number of Topliss-reactive ketones (excluding diaryl/α,β-unsaturated/α-hetero) is 1. The van der Waals surface area contributed by atoms with Crippen molar-refractivity contribution in [3.63, 3.8) is 0 Å². The summed E-state index contributed by atoms with van der Waals surface area (Å²) in [5, 5.41) is 33.3. The van der Waals surface area contributed by atoms with Crippen molar-refractivity contribution in [1.82, 2.24) is 15.5 Å². The topological polar surface area (TPSA) is 144 Å². The number of carbonyl (C=O) groups excluding carboxylic acids is 2. The molecule has 0 aliphatic carbocycles. The molecule has 19 heteroatoms. The molecule has 1 aliphatic heterocycles. The summed E-state index contributed by atoms with van der Waals surface area (Å²) in [5.74, 6) is -1.42. The molecule has 2 heterocycles. The Balaban J connectivity index is 0.000000295. The van der Waals surface area contributed by atoms with E-state index >= 15 is 0 Å². The second-order valence-corrected chi connectivity index (χ2v) is 18.4. The lowest BCUT2D eigenvalue weighted by molar-refractivity contribution is -0.127. The largest absolute Gasteiger partial charge is 0.420 e. The number of nitrogens with zero attached hydrogens (tertiary/aromatic N) is 4. The Morgan fingerprint density at radius 2 is 1.31 bits per heavy atom. The molecule has 4 aromatic carbocycles. The van der Waals surface area contributed by atoms with Crippen LogP contribution in [0.3, 0.4) is 0 Å². The third-order valence-electron chi connectivity index (χ3n) is 9.99. The van der Waals surface area contributed by atoms with Gasteiger partial charge in [0.2, 0.25) is 29.1 Å². The van der Waals surface area contributed by atoms with E-state index < -0.39 is 30.0 Å². The molecule has 1 fully saturated rings. The van der Waals surface area contributed by atoms with E-state index in [-0.39, 0.29) is 29.7 Å². The van der Waals surface area contributed by atoms with Crippen molar-refractivity contribution in [2.24, 2.45) is 5.92 Å². The average Bonchev–Trinajstić information content (AvgIpc) is 4.03. The number of aliphatic hydroxyl groups excluding tert-OH is 2. The highest BCUT2D eigenvalue weighted by Gasteiger charge is 2.27. The smallest absolute Gasteiger partial charge is 0.247 e. The Kier molecular flexibility index (Phi) is 23.8. The number of benzene rings is 4. The van der Waals surface area contributed by atoms with Crippen LogP contribution >= 0.6 is 77.0 Å². The molecule has 0 spiro atoms. The predicted molar refractivity (Wildman–Crippen MR) is 266 cm³/mol. The SMILES string of the molecule is C1CCOC1.CP=S.[C-]#[N+]c1ccc(C[C@@H](C(=O)NCC(=O)c2ccc(Cl)c(Cl)c2)[C@@H](C)O)c(C)c1Cl.[C-]#[N+]c1ccc(C[C@@H](c2nnc(-c3ccc(Cl)c(Cl)c3)o2)[C@@H](C)O)c(C)c1Cl. The van der Waals surface area contributed by atoms with Crippen molar-refractivity contribution in [3.8, 4) is 11.5 Å². The Hall–Kier alpha value is -3.72. The number of hydrogen-bond acceptors (Lipinski definition) is 9. The van der Waals surface area contributed by atoms with Gasteiger partial charge in [-0.15, -0.1) is 10.2 Å². The fraction of sp³-hybridized carbons (Fsp3) is 0.348. The van der Waals surface area contributed by atoms with Gasteiger partial charge in [0.15, 0.2) is 5.78 Å². The van der Waals surface area contributed by atoms with Gasteiger partial charge in [-0.05, 0) is 126 Å². The number of nitrogens with one attached hydrogen (secondary N) is 1. The van der Waals surface area contributed by atoms with Gasteiger partial charge in [0.25, 0.3) is 0 Å². The first-order valence-electron chi connectivity index (χ1n) is 19.9. The number of halogens is 6. The Labute approximate surface area is 416 Å². The Bertz CT molecular complexity index is 2520. The van der Waals surface area contributed by atoms with Gasteiger partial charge in [-0.3, -0.25) is 9.59 Å². The highest BCUT2D eigenvalue weighted by molar-refractivity contribution is 7.96. The summed E-state index contributed by atoms with van der Waals surface area (Å²) in [5.41, 5.74) is 4.82. The number of rotatable bonds is 12. The van der Waals surface area contributed by atoms with Gasteiger partial charge in [-0.1, -0.05) is 106 Å². The van der Waals surface area contributed by atoms with Crippen LogP contribution in [0.25, 0.3) is 21.1 Å². The standard InChI is InChI=1S/C21H19Cl3N2O3.C20H16Cl3N3O2.C4H8O.CH3PS/c1-11-13(5-7-18(25-3)20(11)24)8-15(12(2)27)21(29)26-10-19(28)14-4-6-16(22)17(23)9-14;1-10-12(5-7-17(24-3)18(10)23)8-14(11(2)27)20-26-25-19(28-20)13-4-6-15(21)16(22)9-13;1-2-4-5-3-1;1-2-3/h4-7,9,12,15,27H,8,10H2,1-2H3,(H,26,29);4-7,9,11,14,27H,8H2,1-2H3;1-4H2;1H3/t12-,15-;11-,14-;;/m11../s1. The van der Waals surface area contributed by atoms with Crippen LogP contribution in [0.5, 0.6) is 0 Å². The molecule has 5 aromatic rings. The number of aromatic nitrogens is 2. The second kappa shape index (κ2) is 27.8. The average molecular weight is 1040 g/mol. The lowest BCUT2D eigenvalue weighted by atomic mass is 9.91. The normalized spacial score (nSPS) is 13.5. The first-order valence-corrected chi connectivity index (χ1v) is 24.5. The molecule has 0 unspecified atom stereocenters. The van der Waals surface area contributed by atoms with Crippen LogP contribution in [0.4, 0.5) is 11.4 Å². The summed E-state index contributed by atoms with van der Waals surface area (Å²) in [6.07, 6.45) is 1.52. The summed E-state index contributed by atoms with van der Waals surface area (Å²) in [6, 6.07) is 16.3. The number of carbonyl (C=O) groups is 2. The predicted octanol–water partition coefficient (Wildman–Crippen LogP) is 13.1. The van der Waals surface area contributed by atoms with E-state index in [2.05, 4.69) is 37.0 Å². The summed E-state index contributed by atoms with van der Waals surface area (Å²) in [6.45, 7) is 24.7. The summed E-state index contributed by atoms with van der Waals surface area (Å²) < 4.78 is 10.8. The summed E-state index contributed by atoms with van der Waals surface area (Å²) in [7, 11) is 1.00. The van der Waals surface area contributed by atoms with Crippen molar-refractivity contribution in [2.75, 3.05) is 26.4 Å². The fourth-order valence-electron chi connectivity index (χ4n) is 6.17. The lowest BCUT2D eigenvalue weighted by Gasteiger charge is -2.21. The van der Waals surface area contributed by atoms with Gasteiger partial charge in [-0.25, -0.2) is 9.69 Å². The molecular weight excluding hydrogens is 994 g/mol. The zero-order valence-electron chi connectivity index (χ0n) is 36.0.